The molecule has 2 fully saturated rings. The molecule has 138 valence electrons. The summed E-state index contributed by atoms with van der Waals surface area (Å²) in [5, 5.41) is 3.12. The van der Waals surface area contributed by atoms with Crippen LogP contribution in [-0.2, 0) is 9.53 Å². The van der Waals surface area contributed by atoms with Crippen LogP contribution in [0.2, 0.25) is 0 Å². The molecular formula is C21H27N3O2. The summed E-state index contributed by atoms with van der Waals surface area (Å²) in [7, 11) is 0. The zero-order chi connectivity index (χ0) is 18.4. The molecule has 0 spiro atoms. The van der Waals surface area contributed by atoms with Crippen LogP contribution in [0, 0.1) is 12.3 Å². The molecule has 1 aromatic heterocycles. The van der Waals surface area contributed by atoms with Crippen LogP contribution in [0.3, 0.4) is 0 Å². The van der Waals surface area contributed by atoms with Crippen molar-refractivity contribution < 1.29 is 9.53 Å². The maximum absolute atomic E-state index is 12.9. The van der Waals surface area contributed by atoms with Gasteiger partial charge < -0.3 is 14.6 Å². The highest BCUT2D eigenvalue weighted by Crippen LogP contribution is 2.54. The Bertz CT molecular complexity index is 801. The monoisotopic (exact) mass is 353 g/mol. The van der Waals surface area contributed by atoms with E-state index in [1.807, 2.05) is 31.5 Å². The van der Waals surface area contributed by atoms with Gasteiger partial charge in [0.25, 0.3) is 0 Å². The number of aryl methyl sites for hydroxylation is 1. The minimum atomic E-state index is -0.337. The summed E-state index contributed by atoms with van der Waals surface area (Å²) < 4.78 is 8.13. The van der Waals surface area contributed by atoms with Gasteiger partial charge in [0.1, 0.15) is 5.82 Å². The van der Waals surface area contributed by atoms with Crippen LogP contribution in [0.4, 0.5) is 5.69 Å². The summed E-state index contributed by atoms with van der Waals surface area (Å²) >= 11 is 0. The number of benzene rings is 1. The minimum absolute atomic E-state index is 0.0563. The number of carbonyl (C=O) groups excluding carboxylic acids is 1. The molecule has 1 aliphatic carbocycles. The molecule has 1 unspecified atom stereocenters. The maximum Gasteiger partial charge on any atom is 0.233 e. The number of nitrogens with zero attached hydrogens (tertiary/aromatic N) is 2. The van der Waals surface area contributed by atoms with Gasteiger partial charge >= 0.3 is 0 Å². The smallest absolute Gasteiger partial charge is 0.233 e. The lowest BCUT2D eigenvalue weighted by Gasteiger charge is -2.27. The van der Waals surface area contributed by atoms with Gasteiger partial charge in [-0.2, -0.15) is 0 Å². The van der Waals surface area contributed by atoms with Crippen LogP contribution >= 0.6 is 0 Å². The molecule has 1 saturated carbocycles. The molecule has 5 nitrogen and oxygen atoms in total. The number of anilines is 1. The molecule has 2 bridgehead atoms. The van der Waals surface area contributed by atoms with Crippen molar-refractivity contribution in [2.45, 2.75) is 58.1 Å². The molecule has 2 aliphatic rings. The van der Waals surface area contributed by atoms with Crippen molar-refractivity contribution >= 4 is 11.6 Å². The van der Waals surface area contributed by atoms with E-state index in [4.69, 9.17) is 4.74 Å². The van der Waals surface area contributed by atoms with E-state index >= 15 is 0 Å². The van der Waals surface area contributed by atoms with Crippen molar-refractivity contribution in [2.75, 3.05) is 11.9 Å². The Balaban J connectivity index is 1.45. The summed E-state index contributed by atoms with van der Waals surface area (Å²) in [6, 6.07) is 8.35. The van der Waals surface area contributed by atoms with Gasteiger partial charge in [-0.05, 0) is 57.2 Å². The Hall–Kier alpha value is -2.14. The predicted molar refractivity (Wildman–Crippen MR) is 101 cm³/mol. The average molecular weight is 353 g/mol. The number of aromatic nitrogens is 2. The maximum atomic E-state index is 12.9. The van der Waals surface area contributed by atoms with Crippen LogP contribution in [-0.4, -0.2) is 27.7 Å². The number of fused-ring (bicyclic) bond motifs is 2. The number of imidazole rings is 1. The molecule has 3 atom stereocenters. The largest absolute Gasteiger partial charge is 0.374 e. The van der Waals surface area contributed by atoms with E-state index in [0.717, 1.165) is 37.2 Å². The third-order valence-corrected chi connectivity index (χ3v) is 6.43. The highest BCUT2D eigenvalue weighted by molar-refractivity contribution is 5.96. The Morgan fingerprint density at radius 3 is 2.65 bits per heavy atom. The minimum Gasteiger partial charge on any atom is -0.374 e. The number of amides is 1. The molecule has 2 aromatic rings. The highest BCUT2D eigenvalue weighted by Gasteiger charge is 2.58. The average Bonchev–Trinajstić information content (AvgIpc) is 3.36. The first kappa shape index (κ1) is 17.3. The van der Waals surface area contributed by atoms with Crippen LogP contribution < -0.4 is 5.32 Å². The van der Waals surface area contributed by atoms with Crippen molar-refractivity contribution in [1.29, 1.82) is 0 Å². The van der Waals surface area contributed by atoms with Gasteiger partial charge in [0.15, 0.2) is 0 Å². The third kappa shape index (κ3) is 2.75. The number of hydrogen-bond acceptors (Lipinski definition) is 3. The van der Waals surface area contributed by atoms with E-state index in [1.54, 1.807) is 0 Å². The second kappa shape index (κ2) is 6.23. The molecule has 2 heterocycles. The summed E-state index contributed by atoms with van der Waals surface area (Å²) in [5.41, 5.74) is 1.65. The second-order valence-electron chi connectivity index (χ2n) is 7.92. The lowest BCUT2D eigenvalue weighted by atomic mass is 9.86. The van der Waals surface area contributed by atoms with Crippen molar-refractivity contribution in [1.82, 2.24) is 9.55 Å². The van der Waals surface area contributed by atoms with Gasteiger partial charge in [0.2, 0.25) is 5.91 Å². The Labute approximate surface area is 154 Å². The molecular weight excluding hydrogens is 326 g/mol. The SMILES string of the molecule is CCC12CC[C@@](C(=O)Nc3ccc([C@H](C)n4ccnc4C)cc3)(CO1)C2. The fraction of sp³-hybridized carbons (Fsp3) is 0.524. The van der Waals surface area contributed by atoms with Gasteiger partial charge in [-0.1, -0.05) is 19.1 Å². The van der Waals surface area contributed by atoms with Gasteiger partial charge in [-0.3, -0.25) is 4.79 Å². The second-order valence-corrected chi connectivity index (χ2v) is 7.92. The fourth-order valence-corrected chi connectivity index (χ4v) is 4.53. The molecule has 1 aromatic carbocycles. The van der Waals surface area contributed by atoms with Crippen molar-refractivity contribution in [2.24, 2.45) is 5.41 Å². The van der Waals surface area contributed by atoms with Crippen LogP contribution in [0.1, 0.15) is 57.0 Å². The van der Waals surface area contributed by atoms with E-state index in [9.17, 15) is 4.79 Å². The third-order valence-electron chi connectivity index (χ3n) is 6.43. The number of hydrogen-bond donors (Lipinski definition) is 1. The summed E-state index contributed by atoms with van der Waals surface area (Å²) in [5.74, 6) is 1.10. The predicted octanol–water partition coefficient (Wildman–Crippen LogP) is 4.09. The summed E-state index contributed by atoms with van der Waals surface area (Å²) in [4.78, 5) is 17.2. The number of rotatable bonds is 5. The summed E-state index contributed by atoms with van der Waals surface area (Å²) in [6.07, 6.45) is 7.59. The molecule has 26 heavy (non-hydrogen) atoms. The number of ether oxygens (including phenoxy) is 1. The van der Waals surface area contributed by atoms with Crippen LogP contribution in [0.5, 0.6) is 0 Å². The molecule has 1 amide bonds. The molecule has 4 rings (SSSR count). The quantitative estimate of drug-likeness (QED) is 0.881. The first-order valence-electron chi connectivity index (χ1n) is 9.52. The Kier molecular flexibility index (Phi) is 4.14. The topological polar surface area (TPSA) is 56.2 Å². The lowest BCUT2D eigenvalue weighted by Crippen LogP contribution is -2.35. The zero-order valence-electron chi connectivity index (χ0n) is 15.8. The standard InChI is InChI=1S/C21H27N3O2/c1-4-21-10-9-20(13-21,14-26-21)19(25)23-18-7-5-17(6-8-18)15(2)24-12-11-22-16(24)3/h5-8,11-12,15H,4,9-10,13-14H2,1-3H3,(H,23,25)/t15-,20-,21?/m0/s1. The van der Waals surface area contributed by atoms with E-state index in [2.05, 4.69) is 40.8 Å². The van der Waals surface area contributed by atoms with Crippen molar-refractivity contribution in [3.8, 4) is 0 Å². The Morgan fingerprint density at radius 1 is 1.35 bits per heavy atom. The van der Waals surface area contributed by atoms with Crippen LogP contribution in [0.25, 0.3) is 0 Å². The lowest BCUT2D eigenvalue weighted by molar-refractivity contribution is -0.127. The number of carbonyl (C=O) groups is 1. The molecule has 1 aliphatic heterocycles. The molecule has 5 heteroatoms. The van der Waals surface area contributed by atoms with Gasteiger partial charge in [0, 0.05) is 18.1 Å². The fourth-order valence-electron chi connectivity index (χ4n) is 4.53. The molecule has 1 saturated heterocycles. The van der Waals surface area contributed by atoms with E-state index < -0.39 is 0 Å². The number of nitrogens with one attached hydrogen (secondary N) is 1. The first-order chi connectivity index (χ1) is 12.5. The summed E-state index contributed by atoms with van der Waals surface area (Å²) in [6.45, 7) is 6.87. The normalized spacial score (nSPS) is 28.3. The van der Waals surface area contributed by atoms with Crippen molar-refractivity contribution in [3.63, 3.8) is 0 Å². The first-order valence-corrected chi connectivity index (χ1v) is 9.52. The van der Waals surface area contributed by atoms with Gasteiger partial charge in [0.05, 0.1) is 23.7 Å². The molecule has 1 N–H and O–H groups in total. The van der Waals surface area contributed by atoms with E-state index in [-0.39, 0.29) is 23.0 Å². The zero-order valence-corrected chi connectivity index (χ0v) is 15.8. The van der Waals surface area contributed by atoms with Crippen LogP contribution in [0.15, 0.2) is 36.7 Å². The van der Waals surface area contributed by atoms with E-state index in [0.29, 0.717) is 6.61 Å². The van der Waals surface area contributed by atoms with Gasteiger partial charge in [-0.25, -0.2) is 4.98 Å². The Morgan fingerprint density at radius 2 is 2.12 bits per heavy atom. The highest BCUT2D eigenvalue weighted by atomic mass is 16.5. The van der Waals surface area contributed by atoms with E-state index in [1.165, 1.54) is 5.56 Å². The van der Waals surface area contributed by atoms with Crippen molar-refractivity contribution in [3.05, 3.63) is 48.0 Å². The molecule has 0 radical (unpaired) electrons. The van der Waals surface area contributed by atoms with Gasteiger partial charge in [-0.15, -0.1) is 0 Å².